The van der Waals surface area contributed by atoms with Crippen LogP contribution in [0.15, 0.2) is 43.1 Å². The van der Waals surface area contributed by atoms with E-state index in [1.54, 1.807) is 6.92 Å². The van der Waals surface area contributed by atoms with Gasteiger partial charge in [-0.25, -0.2) is 23.5 Å². The van der Waals surface area contributed by atoms with Gasteiger partial charge < -0.3 is 18.4 Å². The number of rotatable bonds is 7. The summed E-state index contributed by atoms with van der Waals surface area (Å²) in [7, 11) is 1.24. The van der Waals surface area contributed by atoms with E-state index >= 15 is 4.39 Å². The fourth-order valence-corrected chi connectivity index (χ4v) is 4.07. The van der Waals surface area contributed by atoms with E-state index in [0.717, 1.165) is 12.1 Å². The predicted octanol–water partition coefficient (Wildman–Crippen LogP) is 3.84. The Kier molecular flexibility index (Phi) is 6.91. The third kappa shape index (κ3) is 4.52. The molecule has 0 aliphatic heterocycles. The van der Waals surface area contributed by atoms with E-state index in [4.69, 9.17) is 21.1 Å². The lowest BCUT2D eigenvalue weighted by atomic mass is 10.1. The molecule has 0 aliphatic rings. The SMILES string of the molecule is CCOC(=O)c1ncn2cc(-c3c(F)ccc(N(c4cc(Cl)cnc4OC)S(=O)[O-])c3F)ncc12. The third-order valence-electron chi connectivity index (χ3n) is 4.79. The number of hydrogen-bond donors (Lipinski definition) is 0. The summed E-state index contributed by atoms with van der Waals surface area (Å²) < 4.78 is 66.6. The molecule has 1 atom stereocenters. The van der Waals surface area contributed by atoms with Crippen molar-refractivity contribution < 1.29 is 31.8 Å². The first-order valence-electron chi connectivity index (χ1n) is 9.84. The number of pyridine rings is 1. The van der Waals surface area contributed by atoms with Crippen LogP contribution in [0.5, 0.6) is 5.88 Å². The van der Waals surface area contributed by atoms with Crippen LogP contribution >= 0.6 is 11.6 Å². The number of aromatic nitrogens is 4. The third-order valence-corrected chi connectivity index (χ3v) is 5.69. The summed E-state index contributed by atoms with van der Waals surface area (Å²) in [5.41, 5.74) is -1.29. The highest BCUT2D eigenvalue weighted by molar-refractivity contribution is 7.81. The number of nitrogens with zero attached hydrogens (tertiary/aromatic N) is 5. The Labute approximate surface area is 204 Å². The minimum atomic E-state index is -3.08. The van der Waals surface area contributed by atoms with Gasteiger partial charge in [0.2, 0.25) is 5.88 Å². The van der Waals surface area contributed by atoms with Gasteiger partial charge >= 0.3 is 5.97 Å². The van der Waals surface area contributed by atoms with Crippen molar-refractivity contribution in [2.45, 2.75) is 6.92 Å². The maximum absolute atomic E-state index is 15.7. The van der Waals surface area contributed by atoms with Gasteiger partial charge in [-0.1, -0.05) is 11.6 Å². The largest absolute Gasteiger partial charge is 0.755 e. The van der Waals surface area contributed by atoms with E-state index in [2.05, 4.69) is 15.0 Å². The van der Waals surface area contributed by atoms with Crippen molar-refractivity contribution in [1.29, 1.82) is 0 Å². The second-order valence-electron chi connectivity index (χ2n) is 6.83. The smallest absolute Gasteiger partial charge is 0.359 e. The van der Waals surface area contributed by atoms with Crippen molar-refractivity contribution in [3.05, 3.63) is 65.5 Å². The molecule has 4 aromatic rings. The molecule has 0 N–H and O–H groups in total. The highest BCUT2D eigenvalue weighted by atomic mass is 35.5. The molecule has 14 heteroatoms. The highest BCUT2D eigenvalue weighted by Crippen LogP contribution is 2.39. The minimum Gasteiger partial charge on any atom is -0.755 e. The standard InChI is InChI=1S/C21H16ClF2N5O5S/c1-3-34-21(30)19-16-8-25-13(9-28(16)10-27-19)17-12(23)4-5-14(18(17)24)29(35(31)32)15-6-11(22)7-26-20(15)33-2/h4-10H,3H2,1-2H3,(H,31,32)/p-1. The number of carbonyl (C=O) groups is 1. The predicted molar refractivity (Wildman–Crippen MR) is 121 cm³/mol. The van der Waals surface area contributed by atoms with E-state index in [1.807, 2.05) is 0 Å². The van der Waals surface area contributed by atoms with Crippen LogP contribution in [0.1, 0.15) is 17.4 Å². The minimum absolute atomic E-state index is 0.0194. The zero-order chi connectivity index (χ0) is 25.3. The van der Waals surface area contributed by atoms with Gasteiger partial charge in [0, 0.05) is 12.4 Å². The van der Waals surface area contributed by atoms with Gasteiger partial charge in [0.15, 0.2) is 11.5 Å². The van der Waals surface area contributed by atoms with Crippen LogP contribution in [0.4, 0.5) is 20.2 Å². The van der Waals surface area contributed by atoms with E-state index in [0.29, 0.717) is 4.31 Å². The van der Waals surface area contributed by atoms with Crippen molar-refractivity contribution in [3.8, 4) is 17.1 Å². The Balaban J connectivity index is 1.86. The molecule has 182 valence electrons. The number of anilines is 2. The average Bonchev–Trinajstić information content (AvgIpc) is 3.24. The average molecular weight is 523 g/mol. The van der Waals surface area contributed by atoms with Crippen molar-refractivity contribution in [1.82, 2.24) is 19.4 Å². The van der Waals surface area contributed by atoms with Crippen LogP contribution in [-0.2, 0) is 16.0 Å². The molecule has 0 spiro atoms. The van der Waals surface area contributed by atoms with E-state index < -0.39 is 40.1 Å². The van der Waals surface area contributed by atoms with Crippen LogP contribution < -0.4 is 9.04 Å². The Morgan fingerprint density at radius 3 is 2.69 bits per heavy atom. The Bertz CT molecular complexity index is 1470. The maximum atomic E-state index is 15.7. The van der Waals surface area contributed by atoms with Gasteiger partial charge in [0.1, 0.15) is 17.8 Å². The molecule has 3 aromatic heterocycles. The molecule has 0 saturated heterocycles. The summed E-state index contributed by atoms with van der Waals surface area (Å²) in [6, 6.07) is 3.04. The second kappa shape index (κ2) is 9.90. The maximum Gasteiger partial charge on any atom is 0.359 e. The van der Waals surface area contributed by atoms with Crippen LogP contribution in [0.2, 0.25) is 5.02 Å². The number of ether oxygens (including phenoxy) is 2. The van der Waals surface area contributed by atoms with Gasteiger partial charge in [-0.05, 0) is 25.1 Å². The summed E-state index contributed by atoms with van der Waals surface area (Å²) >= 11 is 2.87. The van der Waals surface area contributed by atoms with Crippen molar-refractivity contribution in [2.24, 2.45) is 0 Å². The zero-order valence-corrected chi connectivity index (χ0v) is 19.6. The van der Waals surface area contributed by atoms with Gasteiger partial charge in [-0.3, -0.25) is 13.5 Å². The molecule has 0 amide bonds. The van der Waals surface area contributed by atoms with Crippen LogP contribution in [0.25, 0.3) is 16.8 Å². The number of carbonyl (C=O) groups excluding carboxylic acids is 1. The molecular formula is C21H15ClF2N5O5S-. The molecule has 1 unspecified atom stereocenters. The van der Waals surface area contributed by atoms with Crippen LogP contribution in [-0.4, -0.2) is 47.8 Å². The summed E-state index contributed by atoms with van der Waals surface area (Å²) in [5.74, 6) is -3.07. The number of halogens is 3. The Morgan fingerprint density at radius 1 is 1.23 bits per heavy atom. The number of imidazole rings is 1. The molecule has 35 heavy (non-hydrogen) atoms. The molecule has 0 bridgehead atoms. The number of fused-ring (bicyclic) bond motifs is 1. The van der Waals surface area contributed by atoms with Gasteiger partial charge in [-0.15, -0.1) is 0 Å². The molecule has 0 saturated carbocycles. The Hall–Kier alpha value is -3.68. The molecular weight excluding hydrogens is 508 g/mol. The molecule has 0 fully saturated rings. The van der Waals surface area contributed by atoms with Crippen molar-refractivity contribution in [2.75, 3.05) is 18.0 Å². The normalized spacial score (nSPS) is 11.9. The monoisotopic (exact) mass is 522 g/mol. The first-order valence-corrected chi connectivity index (χ1v) is 11.2. The highest BCUT2D eigenvalue weighted by Gasteiger charge is 2.26. The van der Waals surface area contributed by atoms with Crippen LogP contribution in [0.3, 0.4) is 0 Å². The Morgan fingerprint density at radius 2 is 2.00 bits per heavy atom. The second-order valence-corrected chi connectivity index (χ2v) is 8.06. The molecule has 10 nitrogen and oxygen atoms in total. The lowest BCUT2D eigenvalue weighted by Gasteiger charge is -2.28. The van der Waals surface area contributed by atoms with E-state index in [-0.39, 0.29) is 40.1 Å². The molecule has 0 radical (unpaired) electrons. The fourth-order valence-electron chi connectivity index (χ4n) is 3.33. The lowest BCUT2D eigenvalue weighted by Crippen LogP contribution is -2.22. The van der Waals surface area contributed by atoms with Gasteiger partial charge in [0.25, 0.3) is 0 Å². The quantitative estimate of drug-likeness (QED) is 0.265. The lowest BCUT2D eigenvalue weighted by molar-refractivity contribution is 0.0522. The zero-order valence-electron chi connectivity index (χ0n) is 18.1. The van der Waals surface area contributed by atoms with Crippen molar-refractivity contribution in [3.63, 3.8) is 0 Å². The van der Waals surface area contributed by atoms with Crippen LogP contribution in [0, 0.1) is 11.6 Å². The number of esters is 1. The number of hydrogen-bond acceptors (Lipinski definition) is 8. The topological polar surface area (TPSA) is 122 Å². The van der Waals surface area contributed by atoms with Gasteiger partial charge in [-0.2, -0.15) is 0 Å². The summed E-state index contributed by atoms with van der Waals surface area (Å²) in [6.45, 7) is 1.77. The summed E-state index contributed by atoms with van der Waals surface area (Å²) in [4.78, 5) is 24.0. The number of methoxy groups -OCH3 is 1. The number of benzene rings is 1. The first-order chi connectivity index (χ1) is 16.8. The molecule has 0 aliphatic carbocycles. The molecule has 3 heterocycles. The first kappa shape index (κ1) is 24.4. The molecule has 4 rings (SSSR count). The summed E-state index contributed by atoms with van der Waals surface area (Å²) in [5, 5.41) is 0.0589. The van der Waals surface area contributed by atoms with Crippen molar-refractivity contribution >= 4 is 45.7 Å². The summed E-state index contributed by atoms with van der Waals surface area (Å²) in [6.07, 6.45) is 4.93. The molecule has 1 aromatic carbocycles. The fraction of sp³-hybridized carbons (Fsp3) is 0.143. The van der Waals surface area contributed by atoms with E-state index in [1.165, 1.54) is 42.5 Å². The van der Waals surface area contributed by atoms with E-state index in [9.17, 15) is 17.9 Å². The van der Waals surface area contributed by atoms with Gasteiger partial charge in [0.05, 0.1) is 58.7 Å².